The van der Waals surface area contributed by atoms with Crippen LogP contribution in [0.1, 0.15) is 18.4 Å². The number of rotatable bonds is 7. The van der Waals surface area contributed by atoms with Crippen molar-refractivity contribution in [2.75, 3.05) is 13.7 Å². The van der Waals surface area contributed by atoms with Gasteiger partial charge in [-0.25, -0.2) is 8.42 Å². The second-order valence-corrected chi connectivity index (χ2v) is 8.09. The number of ether oxygens (including phenoxy) is 1. The molecular formula is C19H21N3O4S. The molecule has 0 saturated carbocycles. The van der Waals surface area contributed by atoms with Crippen LogP contribution in [0.3, 0.4) is 0 Å². The zero-order valence-corrected chi connectivity index (χ0v) is 16.2. The van der Waals surface area contributed by atoms with Gasteiger partial charge in [0.15, 0.2) is 0 Å². The van der Waals surface area contributed by atoms with Crippen LogP contribution in [0.25, 0.3) is 11.4 Å². The van der Waals surface area contributed by atoms with Gasteiger partial charge in [-0.05, 0) is 50.2 Å². The fourth-order valence-corrected chi connectivity index (χ4v) is 3.59. The first-order chi connectivity index (χ1) is 12.9. The summed E-state index contributed by atoms with van der Waals surface area (Å²) in [5.74, 6) is 1.38. The Bertz CT molecular complexity index is 996. The Morgan fingerprint density at radius 3 is 2.37 bits per heavy atom. The largest absolute Gasteiger partial charge is 0.494 e. The lowest BCUT2D eigenvalue weighted by atomic mass is 10.2. The molecule has 0 spiro atoms. The molecular weight excluding hydrogens is 366 g/mol. The Morgan fingerprint density at radius 2 is 1.74 bits per heavy atom. The number of benzene rings is 2. The van der Waals surface area contributed by atoms with E-state index >= 15 is 0 Å². The van der Waals surface area contributed by atoms with Crippen LogP contribution in [-0.2, 0) is 16.6 Å². The molecule has 0 aliphatic carbocycles. The van der Waals surface area contributed by atoms with Gasteiger partial charge < -0.3 is 9.26 Å². The average Bonchev–Trinajstić information content (AvgIpc) is 3.11. The van der Waals surface area contributed by atoms with Gasteiger partial charge in [0.1, 0.15) is 5.75 Å². The van der Waals surface area contributed by atoms with Gasteiger partial charge in [0, 0.05) is 12.6 Å². The third kappa shape index (κ3) is 4.35. The number of aromatic nitrogens is 2. The Hall–Kier alpha value is -2.71. The highest BCUT2D eigenvalue weighted by atomic mass is 32.2. The summed E-state index contributed by atoms with van der Waals surface area (Å²) < 4.78 is 37.1. The van der Waals surface area contributed by atoms with Gasteiger partial charge in [0.05, 0.1) is 18.0 Å². The summed E-state index contributed by atoms with van der Waals surface area (Å²) in [6.45, 7) is 4.40. The van der Waals surface area contributed by atoms with Crippen molar-refractivity contribution < 1.29 is 17.7 Å². The molecule has 3 rings (SSSR count). The van der Waals surface area contributed by atoms with Crippen molar-refractivity contribution in [2.24, 2.45) is 0 Å². The van der Waals surface area contributed by atoms with E-state index in [0.717, 1.165) is 16.9 Å². The molecule has 7 nitrogen and oxygen atoms in total. The predicted molar refractivity (Wildman–Crippen MR) is 101 cm³/mol. The van der Waals surface area contributed by atoms with Crippen LogP contribution < -0.4 is 4.74 Å². The maximum atomic E-state index is 12.6. The first-order valence-electron chi connectivity index (χ1n) is 8.49. The number of nitrogens with zero attached hydrogens (tertiary/aromatic N) is 3. The van der Waals surface area contributed by atoms with E-state index in [4.69, 9.17) is 9.26 Å². The summed E-state index contributed by atoms with van der Waals surface area (Å²) in [4.78, 5) is 4.52. The van der Waals surface area contributed by atoms with Crippen molar-refractivity contribution in [3.8, 4) is 17.1 Å². The Kier molecular flexibility index (Phi) is 5.57. The first-order valence-corrected chi connectivity index (χ1v) is 9.93. The van der Waals surface area contributed by atoms with Gasteiger partial charge >= 0.3 is 0 Å². The summed E-state index contributed by atoms with van der Waals surface area (Å²) in [5, 5.41) is 3.93. The quantitative estimate of drug-likeness (QED) is 0.618. The highest BCUT2D eigenvalue weighted by Crippen LogP contribution is 2.21. The van der Waals surface area contributed by atoms with Gasteiger partial charge in [-0.15, -0.1) is 0 Å². The lowest BCUT2D eigenvalue weighted by Crippen LogP contribution is -2.26. The van der Waals surface area contributed by atoms with E-state index in [1.807, 2.05) is 38.1 Å². The van der Waals surface area contributed by atoms with E-state index in [9.17, 15) is 8.42 Å². The third-order valence-electron chi connectivity index (χ3n) is 3.98. The molecule has 2 aromatic carbocycles. The van der Waals surface area contributed by atoms with E-state index in [1.54, 1.807) is 24.3 Å². The van der Waals surface area contributed by atoms with Gasteiger partial charge in [-0.1, -0.05) is 22.9 Å². The minimum atomic E-state index is -3.63. The number of hydrogen-bond acceptors (Lipinski definition) is 6. The summed E-state index contributed by atoms with van der Waals surface area (Å²) in [6, 6.07) is 14.0. The van der Waals surface area contributed by atoms with Crippen molar-refractivity contribution >= 4 is 10.0 Å². The van der Waals surface area contributed by atoms with Gasteiger partial charge in [0.2, 0.25) is 21.7 Å². The van der Waals surface area contributed by atoms with E-state index < -0.39 is 10.0 Å². The summed E-state index contributed by atoms with van der Waals surface area (Å²) in [7, 11) is -2.15. The van der Waals surface area contributed by atoms with Crippen molar-refractivity contribution in [1.82, 2.24) is 14.4 Å². The van der Waals surface area contributed by atoms with Crippen molar-refractivity contribution in [2.45, 2.75) is 25.3 Å². The Morgan fingerprint density at radius 1 is 1.07 bits per heavy atom. The number of aryl methyl sites for hydroxylation is 1. The van der Waals surface area contributed by atoms with Crippen molar-refractivity contribution in [3.05, 3.63) is 60.0 Å². The molecule has 0 atom stereocenters. The predicted octanol–water partition coefficient (Wildman–Crippen LogP) is 3.26. The monoisotopic (exact) mass is 387 g/mol. The molecule has 0 radical (unpaired) electrons. The second-order valence-electron chi connectivity index (χ2n) is 6.04. The minimum Gasteiger partial charge on any atom is -0.494 e. The smallest absolute Gasteiger partial charge is 0.243 e. The molecule has 0 fully saturated rings. The average molecular weight is 387 g/mol. The maximum Gasteiger partial charge on any atom is 0.243 e. The Balaban J connectivity index is 1.74. The molecule has 27 heavy (non-hydrogen) atoms. The van der Waals surface area contributed by atoms with Crippen molar-refractivity contribution in [1.29, 1.82) is 0 Å². The molecule has 0 saturated heterocycles. The molecule has 0 unspecified atom stereocenters. The van der Waals surface area contributed by atoms with Crippen LogP contribution in [0.5, 0.6) is 5.75 Å². The fraction of sp³-hybridized carbons (Fsp3) is 0.263. The first kappa shape index (κ1) is 19.1. The molecule has 3 aromatic rings. The van der Waals surface area contributed by atoms with Crippen molar-refractivity contribution in [3.63, 3.8) is 0 Å². The topological polar surface area (TPSA) is 85.5 Å². The summed E-state index contributed by atoms with van der Waals surface area (Å²) in [5.41, 5.74) is 1.76. The van der Waals surface area contributed by atoms with E-state index in [0.29, 0.717) is 12.4 Å². The van der Waals surface area contributed by atoms with Gasteiger partial charge in [-0.2, -0.15) is 9.29 Å². The highest BCUT2D eigenvalue weighted by molar-refractivity contribution is 7.89. The van der Waals surface area contributed by atoms with Crippen LogP contribution in [0.2, 0.25) is 0 Å². The molecule has 8 heteroatoms. The molecule has 0 aliphatic heterocycles. The lowest BCUT2D eigenvalue weighted by Gasteiger charge is -2.15. The van der Waals surface area contributed by atoms with Gasteiger partial charge in [0.25, 0.3) is 0 Å². The van der Waals surface area contributed by atoms with E-state index in [-0.39, 0.29) is 17.3 Å². The third-order valence-corrected chi connectivity index (χ3v) is 5.80. The molecule has 0 N–H and O–H groups in total. The number of hydrogen-bond donors (Lipinski definition) is 0. The minimum absolute atomic E-state index is 0.0137. The summed E-state index contributed by atoms with van der Waals surface area (Å²) in [6.07, 6.45) is 0. The molecule has 142 valence electrons. The molecule has 0 bridgehead atoms. The van der Waals surface area contributed by atoms with Crippen LogP contribution >= 0.6 is 0 Å². The molecule has 1 heterocycles. The van der Waals surface area contributed by atoms with Gasteiger partial charge in [-0.3, -0.25) is 0 Å². The standard InChI is InChI=1S/C19H21N3O4S/c1-4-25-16-9-7-15(8-10-16)19-20-18(26-21-19)13-22(3)27(23,24)17-11-5-14(2)6-12-17/h5-12H,4,13H2,1-3H3. The van der Waals surface area contributed by atoms with Crippen LogP contribution in [0.4, 0.5) is 0 Å². The number of sulfonamides is 1. The SMILES string of the molecule is CCOc1ccc(-c2noc(CN(C)S(=O)(=O)c3ccc(C)cc3)n2)cc1. The fourth-order valence-electron chi connectivity index (χ4n) is 2.47. The zero-order valence-electron chi connectivity index (χ0n) is 15.4. The molecule has 1 aromatic heterocycles. The lowest BCUT2D eigenvalue weighted by molar-refractivity contribution is 0.336. The van der Waals surface area contributed by atoms with Crippen LogP contribution in [0.15, 0.2) is 57.9 Å². The summed E-state index contributed by atoms with van der Waals surface area (Å²) >= 11 is 0. The Labute approximate surface area is 158 Å². The molecule has 0 amide bonds. The van der Waals surface area contributed by atoms with Crippen LogP contribution in [0, 0.1) is 6.92 Å². The van der Waals surface area contributed by atoms with E-state index in [1.165, 1.54) is 11.4 Å². The second kappa shape index (κ2) is 7.89. The maximum absolute atomic E-state index is 12.6. The highest BCUT2D eigenvalue weighted by Gasteiger charge is 2.23. The normalized spacial score (nSPS) is 11.7. The van der Waals surface area contributed by atoms with Crippen LogP contribution in [-0.4, -0.2) is 36.5 Å². The molecule has 0 aliphatic rings. The van der Waals surface area contributed by atoms with E-state index in [2.05, 4.69) is 10.1 Å². The zero-order chi connectivity index (χ0) is 19.4.